The maximum Gasteiger partial charge on any atom is 0.264 e. The molecule has 1 N–H and O–H groups in total. The number of benzene rings is 2. The Balaban J connectivity index is 1.89. The van der Waals surface area contributed by atoms with Crippen LogP contribution in [0.25, 0.3) is 0 Å². The van der Waals surface area contributed by atoms with Crippen molar-refractivity contribution in [1.82, 2.24) is 10.2 Å². The van der Waals surface area contributed by atoms with Crippen LogP contribution in [0.5, 0.6) is 0 Å². The first-order valence-electron chi connectivity index (χ1n) is 9.42. The summed E-state index contributed by atoms with van der Waals surface area (Å²) in [5.74, 6) is 0.377. The number of rotatable bonds is 9. The van der Waals surface area contributed by atoms with Crippen LogP contribution in [-0.2, 0) is 14.8 Å². The highest BCUT2D eigenvalue weighted by molar-refractivity contribution is 8.01. The van der Waals surface area contributed by atoms with Gasteiger partial charge < -0.3 is 0 Å². The number of anilines is 2. The van der Waals surface area contributed by atoms with Crippen molar-refractivity contribution < 1.29 is 13.2 Å². The molecule has 2 aromatic carbocycles. The molecule has 31 heavy (non-hydrogen) atoms. The van der Waals surface area contributed by atoms with Crippen LogP contribution in [0, 0.1) is 6.92 Å². The van der Waals surface area contributed by atoms with Crippen molar-refractivity contribution in [3.8, 4) is 0 Å². The Bertz CT molecular complexity index is 1150. The minimum Gasteiger partial charge on any atom is -0.299 e. The number of hydrogen-bond donors (Lipinski definition) is 1. The summed E-state index contributed by atoms with van der Waals surface area (Å²) in [5, 5.41) is 11.4. The first-order chi connectivity index (χ1) is 14.8. The Kier molecular flexibility index (Phi) is 7.93. The molecule has 3 rings (SSSR count). The number of nitrogens with zero attached hydrogens (tertiary/aromatic N) is 3. The molecule has 0 saturated heterocycles. The molecule has 0 fully saturated rings. The van der Waals surface area contributed by atoms with Crippen molar-refractivity contribution >= 4 is 61.4 Å². The van der Waals surface area contributed by atoms with E-state index in [0.717, 1.165) is 20.8 Å². The number of aromatic nitrogens is 2. The highest BCUT2D eigenvalue weighted by Gasteiger charge is 2.29. The molecule has 0 aliphatic heterocycles. The third-order valence-electron chi connectivity index (χ3n) is 4.21. The van der Waals surface area contributed by atoms with Gasteiger partial charge in [0.1, 0.15) is 6.54 Å². The lowest BCUT2D eigenvalue weighted by Gasteiger charge is -2.25. The second kappa shape index (κ2) is 10.4. The third-order valence-corrected chi connectivity index (χ3v) is 8.57. The van der Waals surface area contributed by atoms with E-state index >= 15 is 0 Å². The summed E-state index contributed by atoms with van der Waals surface area (Å²) in [4.78, 5) is 12.9. The predicted molar refractivity (Wildman–Crippen MR) is 127 cm³/mol. The topological polar surface area (TPSA) is 92.3 Å². The van der Waals surface area contributed by atoms with Gasteiger partial charge in [-0.15, -0.1) is 10.2 Å². The normalized spacial score (nSPS) is 11.3. The summed E-state index contributed by atoms with van der Waals surface area (Å²) in [7, 11) is -4.01. The maximum absolute atomic E-state index is 13.4. The van der Waals surface area contributed by atoms with E-state index in [0.29, 0.717) is 21.4 Å². The first-order valence-corrected chi connectivity index (χ1v) is 13.0. The molecule has 0 spiro atoms. The van der Waals surface area contributed by atoms with Crippen LogP contribution in [-0.4, -0.2) is 36.8 Å². The molecule has 164 valence electrons. The van der Waals surface area contributed by atoms with Gasteiger partial charge in [-0.25, -0.2) is 8.42 Å². The average molecular weight is 497 g/mol. The van der Waals surface area contributed by atoms with Crippen LogP contribution >= 0.6 is 34.7 Å². The fourth-order valence-corrected chi connectivity index (χ4v) is 6.05. The number of hydrogen-bond acceptors (Lipinski definition) is 7. The molecule has 0 saturated carbocycles. The van der Waals surface area contributed by atoms with E-state index in [1.165, 1.54) is 23.5 Å². The van der Waals surface area contributed by atoms with Crippen LogP contribution in [0.1, 0.15) is 18.9 Å². The van der Waals surface area contributed by atoms with Crippen molar-refractivity contribution in [1.29, 1.82) is 0 Å². The summed E-state index contributed by atoms with van der Waals surface area (Å²) in [6.45, 7) is 3.34. The summed E-state index contributed by atoms with van der Waals surface area (Å²) in [6, 6.07) is 12.9. The molecule has 1 heterocycles. The van der Waals surface area contributed by atoms with Gasteiger partial charge in [-0.3, -0.25) is 14.4 Å². The smallest absolute Gasteiger partial charge is 0.264 e. The SMILES string of the molecule is CCCSc1nnc(NC(=O)CN(c2cccc(Cl)c2C)S(=O)(=O)c2ccccc2)s1. The van der Waals surface area contributed by atoms with Crippen molar-refractivity contribution in [2.45, 2.75) is 29.5 Å². The van der Waals surface area contributed by atoms with Crippen molar-refractivity contribution in [3.63, 3.8) is 0 Å². The fraction of sp³-hybridized carbons (Fsp3) is 0.250. The van der Waals surface area contributed by atoms with Gasteiger partial charge in [0.25, 0.3) is 10.0 Å². The molecule has 0 radical (unpaired) electrons. The lowest BCUT2D eigenvalue weighted by atomic mass is 10.2. The highest BCUT2D eigenvalue weighted by Crippen LogP contribution is 2.31. The Labute approximate surface area is 194 Å². The molecule has 0 bridgehead atoms. The van der Waals surface area contributed by atoms with E-state index in [9.17, 15) is 13.2 Å². The Morgan fingerprint density at radius 3 is 2.61 bits per heavy atom. The number of carbonyl (C=O) groups is 1. The van der Waals surface area contributed by atoms with E-state index in [1.54, 1.807) is 55.1 Å². The zero-order valence-electron chi connectivity index (χ0n) is 16.9. The molecule has 3 aromatic rings. The second-order valence-electron chi connectivity index (χ2n) is 6.48. The third kappa shape index (κ3) is 5.76. The first kappa shape index (κ1) is 23.5. The lowest BCUT2D eigenvalue weighted by molar-refractivity contribution is -0.114. The number of halogens is 1. The van der Waals surface area contributed by atoms with E-state index < -0.39 is 22.5 Å². The maximum atomic E-state index is 13.4. The largest absolute Gasteiger partial charge is 0.299 e. The summed E-state index contributed by atoms with van der Waals surface area (Å²) in [6.07, 6.45) is 0.997. The van der Waals surface area contributed by atoms with Gasteiger partial charge in [-0.2, -0.15) is 0 Å². The average Bonchev–Trinajstić information content (AvgIpc) is 3.20. The Morgan fingerprint density at radius 2 is 1.90 bits per heavy atom. The second-order valence-corrected chi connectivity index (χ2v) is 11.1. The summed E-state index contributed by atoms with van der Waals surface area (Å²) < 4.78 is 28.6. The van der Waals surface area contributed by atoms with E-state index in [4.69, 9.17) is 11.6 Å². The molecular weight excluding hydrogens is 476 g/mol. The van der Waals surface area contributed by atoms with E-state index in [1.807, 2.05) is 0 Å². The number of amides is 1. The zero-order valence-corrected chi connectivity index (χ0v) is 20.1. The molecule has 1 amide bonds. The van der Waals surface area contributed by atoms with Gasteiger partial charge in [0.05, 0.1) is 10.6 Å². The van der Waals surface area contributed by atoms with Crippen LogP contribution in [0.15, 0.2) is 57.8 Å². The predicted octanol–water partition coefficient (Wildman–Crippen LogP) is 4.84. The van der Waals surface area contributed by atoms with Crippen LogP contribution < -0.4 is 9.62 Å². The molecule has 0 aliphatic carbocycles. The summed E-state index contributed by atoms with van der Waals surface area (Å²) >= 11 is 9.03. The number of sulfonamides is 1. The monoisotopic (exact) mass is 496 g/mol. The van der Waals surface area contributed by atoms with Gasteiger partial charge in [-0.1, -0.05) is 65.9 Å². The summed E-state index contributed by atoms with van der Waals surface area (Å²) in [5.41, 5.74) is 0.897. The van der Waals surface area contributed by atoms with Crippen LogP contribution in [0.2, 0.25) is 5.02 Å². The van der Waals surface area contributed by atoms with Crippen LogP contribution in [0.4, 0.5) is 10.8 Å². The van der Waals surface area contributed by atoms with Crippen molar-refractivity contribution in [2.24, 2.45) is 0 Å². The molecule has 0 atom stereocenters. The number of nitrogens with one attached hydrogen (secondary N) is 1. The molecule has 7 nitrogen and oxygen atoms in total. The molecule has 0 aliphatic rings. The fourth-order valence-electron chi connectivity index (χ4n) is 2.68. The minimum atomic E-state index is -4.01. The van der Waals surface area contributed by atoms with Gasteiger partial charge in [0, 0.05) is 10.8 Å². The Hall–Kier alpha value is -2.14. The van der Waals surface area contributed by atoms with Gasteiger partial charge in [0.2, 0.25) is 11.0 Å². The minimum absolute atomic E-state index is 0.0799. The standard InChI is InChI=1S/C20H21ClN4O3S3/c1-3-12-29-20-24-23-19(30-20)22-18(26)13-25(17-11-7-10-16(21)14(17)2)31(27,28)15-8-5-4-6-9-15/h4-11H,3,12-13H2,1-2H3,(H,22,23,26). The van der Waals surface area contributed by atoms with Crippen molar-refractivity contribution in [3.05, 3.63) is 59.1 Å². The lowest BCUT2D eigenvalue weighted by Crippen LogP contribution is -2.38. The zero-order chi connectivity index (χ0) is 22.4. The van der Waals surface area contributed by atoms with E-state index in [-0.39, 0.29) is 4.90 Å². The van der Waals surface area contributed by atoms with Crippen LogP contribution in [0.3, 0.4) is 0 Å². The highest BCUT2D eigenvalue weighted by atomic mass is 35.5. The van der Waals surface area contributed by atoms with Crippen molar-refractivity contribution in [2.75, 3.05) is 21.9 Å². The molecule has 1 aromatic heterocycles. The van der Waals surface area contributed by atoms with Gasteiger partial charge >= 0.3 is 0 Å². The van der Waals surface area contributed by atoms with E-state index in [2.05, 4.69) is 22.4 Å². The molecular formula is C20H21ClN4O3S3. The molecule has 0 unspecified atom stereocenters. The van der Waals surface area contributed by atoms with Gasteiger partial charge in [0.15, 0.2) is 4.34 Å². The Morgan fingerprint density at radius 1 is 1.16 bits per heavy atom. The molecule has 11 heteroatoms. The van der Waals surface area contributed by atoms with Gasteiger partial charge in [-0.05, 0) is 43.2 Å². The number of carbonyl (C=O) groups excluding carboxylic acids is 1. The quantitative estimate of drug-likeness (QED) is 0.336. The number of thioether (sulfide) groups is 1.